The summed E-state index contributed by atoms with van der Waals surface area (Å²) in [7, 11) is 0. The van der Waals surface area contributed by atoms with Crippen molar-refractivity contribution in [2.45, 2.75) is 73.0 Å². The molecule has 0 spiro atoms. The molecule has 1 aromatic rings. The Hall–Kier alpha value is -2.90. The standard InChI is InChI=1S/C25H34O8/c1-7-30-24(28)22(14(3)4)32-18-12-13-19(33-23(15(5)6)25(29)31-8-2)21-17(27)11-9-10-16(26)20(18)21/h12-15,22-23H,7-11H2,1-6H3. The van der Waals surface area contributed by atoms with Crippen LogP contribution in [0.4, 0.5) is 0 Å². The van der Waals surface area contributed by atoms with Crippen molar-refractivity contribution < 1.29 is 38.1 Å². The van der Waals surface area contributed by atoms with Crippen LogP contribution in [0.25, 0.3) is 0 Å². The molecular formula is C25H34O8. The number of carbonyl (C=O) groups excluding carboxylic acids is 4. The lowest BCUT2D eigenvalue weighted by atomic mass is 9.98. The summed E-state index contributed by atoms with van der Waals surface area (Å²) >= 11 is 0. The van der Waals surface area contributed by atoms with Gasteiger partial charge in [0.25, 0.3) is 0 Å². The molecule has 182 valence electrons. The van der Waals surface area contributed by atoms with Gasteiger partial charge in [-0.25, -0.2) is 9.59 Å². The zero-order chi connectivity index (χ0) is 24.7. The van der Waals surface area contributed by atoms with Crippen molar-refractivity contribution in [2.75, 3.05) is 13.2 Å². The van der Waals surface area contributed by atoms with Crippen LogP contribution in [0.15, 0.2) is 12.1 Å². The minimum absolute atomic E-state index is 0.0799. The summed E-state index contributed by atoms with van der Waals surface area (Å²) in [5, 5.41) is 0. The molecule has 0 radical (unpaired) electrons. The smallest absolute Gasteiger partial charge is 0.347 e. The van der Waals surface area contributed by atoms with Crippen LogP contribution in [0.1, 0.15) is 81.5 Å². The van der Waals surface area contributed by atoms with Gasteiger partial charge in [-0.1, -0.05) is 27.7 Å². The summed E-state index contributed by atoms with van der Waals surface area (Å²) in [6.45, 7) is 11.0. The van der Waals surface area contributed by atoms with Gasteiger partial charge >= 0.3 is 11.9 Å². The van der Waals surface area contributed by atoms with Crippen molar-refractivity contribution in [3.8, 4) is 11.5 Å². The van der Waals surface area contributed by atoms with Gasteiger partial charge in [0.15, 0.2) is 23.8 Å². The number of Topliss-reactive ketones (excluding diaryl/α,β-unsaturated/α-hetero) is 2. The summed E-state index contributed by atoms with van der Waals surface area (Å²) in [4.78, 5) is 50.9. The van der Waals surface area contributed by atoms with E-state index >= 15 is 0 Å². The quantitative estimate of drug-likeness (QED) is 0.377. The van der Waals surface area contributed by atoms with Crippen molar-refractivity contribution in [1.82, 2.24) is 0 Å². The highest BCUT2D eigenvalue weighted by molar-refractivity contribution is 6.13. The first kappa shape index (κ1) is 26.4. The largest absolute Gasteiger partial charge is 0.478 e. The van der Waals surface area contributed by atoms with E-state index in [2.05, 4.69) is 0 Å². The predicted molar refractivity (Wildman–Crippen MR) is 121 cm³/mol. The second kappa shape index (κ2) is 11.8. The predicted octanol–water partition coefficient (Wildman–Crippen LogP) is 4.17. The monoisotopic (exact) mass is 462 g/mol. The molecule has 0 aromatic heterocycles. The Morgan fingerprint density at radius 3 is 1.42 bits per heavy atom. The number of rotatable bonds is 10. The zero-order valence-corrected chi connectivity index (χ0v) is 20.3. The molecule has 0 amide bonds. The minimum Gasteiger partial charge on any atom is -0.478 e. The van der Waals surface area contributed by atoms with Crippen molar-refractivity contribution in [3.63, 3.8) is 0 Å². The van der Waals surface area contributed by atoms with Gasteiger partial charge in [-0.05, 0) is 32.4 Å². The Kier molecular flexibility index (Phi) is 9.44. The molecule has 8 heteroatoms. The molecular weight excluding hydrogens is 428 g/mol. The Morgan fingerprint density at radius 2 is 1.12 bits per heavy atom. The Bertz CT molecular complexity index is 816. The van der Waals surface area contributed by atoms with Gasteiger partial charge in [-0.3, -0.25) is 9.59 Å². The number of benzene rings is 1. The highest BCUT2D eigenvalue weighted by Gasteiger charge is 2.34. The number of ether oxygens (including phenoxy) is 4. The molecule has 0 saturated heterocycles. The average Bonchev–Trinajstić information content (AvgIpc) is 2.89. The van der Waals surface area contributed by atoms with Gasteiger partial charge in [0.05, 0.1) is 24.3 Å². The number of hydrogen-bond donors (Lipinski definition) is 0. The molecule has 0 bridgehead atoms. The molecule has 2 rings (SSSR count). The second-order valence-corrected chi connectivity index (χ2v) is 8.58. The SMILES string of the molecule is CCOC(=O)C(Oc1ccc(OC(C(=O)OCC)C(C)C)c2c1C(=O)CCCC2=O)C(C)C. The van der Waals surface area contributed by atoms with E-state index < -0.39 is 24.1 Å². The fourth-order valence-electron chi connectivity index (χ4n) is 3.61. The zero-order valence-electron chi connectivity index (χ0n) is 20.3. The summed E-state index contributed by atoms with van der Waals surface area (Å²) in [6, 6.07) is 3.00. The molecule has 0 aliphatic heterocycles. The van der Waals surface area contributed by atoms with Gasteiger partial charge in [0, 0.05) is 24.7 Å². The molecule has 1 aliphatic rings. The molecule has 8 nitrogen and oxygen atoms in total. The van der Waals surface area contributed by atoms with Gasteiger partial charge < -0.3 is 18.9 Å². The first-order chi connectivity index (χ1) is 15.6. The average molecular weight is 463 g/mol. The molecule has 0 heterocycles. The molecule has 0 N–H and O–H groups in total. The van der Waals surface area contributed by atoms with Crippen LogP contribution in [0.3, 0.4) is 0 Å². The Morgan fingerprint density at radius 1 is 0.758 bits per heavy atom. The van der Waals surface area contributed by atoms with Crippen molar-refractivity contribution in [3.05, 3.63) is 23.3 Å². The number of hydrogen-bond acceptors (Lipinski definition) is 8. The van der Waals surface area contributed by atoms with Crippen LogP contribution >= 0.6 is 0 Å². The summed E-state index contributed by atoms with van der Waals surface area (Å²) in [5.41, 5.74) is 0.160. The van der Waals surface area contributed by atoms with E-state index in [1.807, 2.05) is 0 Å². The maximum atomic E-state index is 13.0. The third-order valence-corrected chi connectivity index (χ3v) is 5.25. The first-order valence-corrected chi connectivity index (χ1v) is 11.5. The maximum absolute atomic E-state index is 13.0. The van der Waals surface area contributed by atoms with Gasteiger partial charge in [0.2, 0.25) is 0 Å². The topological polar surface area (TPSA) is 105 Å². The van der Waals surface area contributed by atoms with Crippen molar-refractivity contribution >= 4 is 23.5 Å². The van der Waals surface area contributed by atoms with E-state index in [1.165, 1.54) is 12.1 Å². The van der Waals surface area contributed by atoms with Crippen molar-refractivity contribution in [2.24, 2.45) is 11.8 Å². The summed E-state index contributed by atoms with van der Waals surface area (Å²) in [5.74, 6) is -1.86. The van der Waals surface area contributed by atoms with E-state index in [4.69, 9.17) is 18.9 Å². The van der Waals surface area contributed by atoms with Crippen LogP contribution < -0.4 is 9.47 Å². The van der Waals surface area contributed by atoms with E-state index in [0.717, 1.165) is 0 Å². The van der Waals surface area contributed by atoms with Gasteiger partial charge in [0.1, 0.15) is 11.5 Å². The molecule has 2 unspecified atom stereocenters. The van der Waals surface area contributed by atoms with Crippen LogP contribution in [-0.4, -0.2) is 48.9 Å². The lowest BCUT2D eigenvalue weighted by Gasteiger charge is -2.25. The van der Waals surface area contributed by atoms with Crippen LogP contribution in [0.5, 0.6) is 11.5 Å². The van der Waals surface area contributed by atoms with E-state index in [1.54, 1.807) is 41.5 Å². The summed E-state index contributed by atoms with van der Waals surface area (Å²) < 4.78 is 22.2. The Balaban J connectivity index is 2.57. The van der Waals surface area contributed by atoms with E-state index in [0.29, 0.717) is 6.42 Å². The van der Waals surface area contributed by atoms with Crippen LogP contribution in [-0.2, 0) is 19.1 Å². The van der Waals surface area contributed by atoms with Gasteiger partial charge in [-0.2, -0.15) is 0 Å². The lowest BCUT2D eigenvalue weighted by Crippen LogP contribution is -2.35. The number of esters is 2. The van der Waals surface area contributed by atoms with Gasteiger partial charge in [-0.15, -0.1) is 0 Å². The van der Waals surface area contributed by atoms with E-state index in [9.17, 15) is 19.2 Å². The van der Waals surface area contributed by atoms with Crippen LogP contribution in [0.2, 0.25) is 0 Å². The number of carbonyl (C=O) groups is 4. The van der Waals surface area contributed by atoms with Crippen molar-refractivity contribution in [1.29, 1.82) is 0 Å². The fraction of sp³-hybridized carbons (Fsp3) is 0.600. The first-order valence-electron chi connectivity index (χ1n) is 11.5. The second-order valence-electron chi connectivity index (χ2n) is 8.58. The third-order valence-electron chi connectivity index (χ3n) is 5.25. The molecule has 2 atom stereocenters. The van der Waals surface area contributed by atoms with E-state index in [-0.39, 0.29) is 72.1 Å². The fourth-order valence-corrected chi connectivity index (χ4v) is 3.61. The number of fused-ring (bicyclic) bond motifs is 1. The molecule has 1 aromatic carbocycles. The maximum Gasteiger partial charge on any atom is 0.347 e. The normalized spacial score (nSPS) is 15.5. The molecule has 33 heavy (non-hydrogen) atoms. The Labute approximate surface area is 194 Å². The third kappa shape index (κ3) is 6.33. The molecule has 0 fully saturated rings. The molecule has 1 aliphatic carbocycles. The summed E-state index contributed by atoms with van der Waals surface area (Å²) in [6.07, 6.45) is -1.18. The lowest BCUT2D eigenvalue weighted by molar-refractivity contribution is -0.154. The highest BCUT2D eigenvalue weighted by Crippen LogP contribution is 2.37. The van der Waals surface area contributed by atoms with Crippen LogP contribution in [0, 0.1) is 11.8 Å². The molecule has 0 saturated carbocycles. The number of ketones is 2. The minimum atomic E-state index is -0.949. The highest BCUT2D eigenvalue weighted by atomic mass is 16.6.